The monoisotopic (exact) mass is 529 g/mol. The Bertz CT molecular complexity index is 639. The summed E-state index contributed by atoms with van der Waals surface area (Å²) in [4.78, 5) is 0.232. The van der Waals surface area contributed by atoms with Gasteiger partial charge in [0.1, 0.15) is 0 Å². The number of rotatable bonds is 21. The maximum atomic E-state index is 11.7. The highest BCUT2D eigenvalue weighted by Gasteiger charge is 2.34. The van der Waals surface area contributed by atoms with Crippen LogP contribution in [0.2, 0.25) is 0 Å². The van der Waals surface area contributed by atoms with Crippen LogP contribution in [0.5, 0.6) is 0 Å². The van der Waals surface area contributed by atoms with Crippen molar-refractivity contribution < 1.29 is 12.6 Å². The molecule has 0 saturated heterocycles. The van der Waals surface area contributed by atoms with E-state index in [-0.39, 0.29) is 11.5 Å². The van der Waals surface area contributed by atoms with Gasteiger partial charge in [-0.1, -0.05) is 111 Å². The molecule has 0 N–H and O–H groups in total. The Kier molecular flexibility index (Phi) is 22.4. The van der Waals surface area contributed by atoms with Crippen molar-refractivity contribution in [2.75, 3.05) is 31.3 Å². The number of unbranched alkanes of at least 4 members (excludes halogenated alkanes) is 9. The molecule has 3 nitrogen and oxygen atoms in total. The molecule has 0 unspecified atom stereocenters. The molecule has 0 aliphatic heterocycles. The summed E-state index contributed by atoms with van der Waals surface area (Å²) in [5, 5.41) is 0. The average molecular weight is 530 g/mol. The van der Waals surface area contributed by atoms with Gasteiger partial charge < -0.3 is 0 Å². The molecule has 0 bridgehead atoms. The van der Waals surface area contributed by atoms with Crippen LogP contribution >= 0.6 is 7.26 Å². The van der Waals surface area contributed by atoms with Gasteiger partial charge in [-0.3, -0.25) is 4.18 Å². The molecule has 5 heteroatoms. The van der Waals surface area contributed by atoms with E-state index in [0.717, 1.165) is 19.3 Å². The highest BCUT2D eigenvalue weighted by molar-refractivity contribution is 7.86. The van der Waals surface area contributed by atoms with Crippen LogP contribution < -0.4 is 0 Å². The van der Waals surface area contributed by atoms with E-state index < -0.39 is 17.4 Å². The van der Waals surface area contributed by atoms with Crippen LogP contribution in [0, 0.1) is 0 Å². The van der Waals surface area contributed by atoms with Gasteiger partial charge in [0.15, 0.2) is 0 Å². The summed E-state index contributed by atoms with van der Waals surface area (Å²) in [6, 6.07) is 8.28. The molecule has 0 aliphatic carbocycles. The van der Waals surface area contributed by atoms with Crippen LogP contribution in [0.15, 0.2) is 35.2 Å². The summed E-state index contributed by atoms with van der Waals surface area (Å²) in [5.41, 5.74) is 0. The fourth-order valence-corrected chi connectivity index (χ4v) is 10.6. The third kappa shape index (κ3) is 17.6. The Morgan fingerprint density at radius 3 is 1.40 bits per heavy atom. The molecule has 206 valence electrons. The van der Waals surface area contributed by atoms with Crippen LogP contribution in [0.3, 0.4) is 0 Å². The van der Waals surface area contributed by atoms with Crippen LogP contribution in [0.25, 0.3) is 0 Å². The zero-order valence-corrected chi connectivity index (χ0v) is 25.6. The maximum Gasteiger partial charge on any atom is 0.296 e. The molecule has 0 atom stereocenters. The molecule has 0 amide bonds. The highest BCUT2D eigenvalue weighted by atomic mass is 32.2. The lowest BCUT2D eigenvalue weighted by Crippen LogP contribution is -2.12. The largest absolute Gasteiger partial charge is 0.296 e. The number of hydrogen-bond acceptors (Lipinski definition) is 3. The van der Waals surface area contributed by atoms with Crippen molar-refractivity contribution >= 4 is 17.4 Å². The van der Waals surface area contributed by atoms with Gasteiger partial charge >= 0.3 is 0 Å². The summed E-state index contributed by atoms with van der Waals surface area (Å²) in [6.07, 6.45) is 24.6. The highest BCUT2D eigenvalue weighted by Crippen LogP contribution is 2.61. The van der Waals surface area contributed by atoms with Crippen molar-refractivity contribution in [1.82, 2.24) is 0 Å². The molecule has 35 heavy (non-hydrogen) atoms. The van der Waals surface area contributed by atoms with Crippen LogP contribution in [0.4, 0.5) is 0 Å². The quantitative estimate of drug-likeness (QED) is 0.0904. The van der Waals surface area contributed by atoms with Crippen molar-refractivity contribution in [1.29, 1.82) is 0 Å². The molecule has 0 aromatic heterocycles. The molecule has 0 heterocycles. The van der Waals surface area contributed by atoms with E-state index in [9.17, 15) is 8.42 Å². The summed E-state index contributed by atoms with van der Waals surface area (Å²) in [7, 11) is -4.12. The SMILES string of the molecule is CCCCCCCCOS(=O)(=O)c1ccccc1.CCCC[P+](CCCC)(CCCC)CCCC. The number of benzene rings is 1. The molecule has 1 rings (SSSR count). The second-order valence-corrected chi connectivity index (χ2v) is 16.1. The van der Waals surface area contributed by atoms with Crippen LogP contribution in [-0.2, 0) is 14.3 Å². The standard InChI is InChI=1S/C16H36P.C14H22O3S/c1-5-9-13-17(14-10-6-2,15-11-7-3)16-12-8-4;1-2-3-4-5-6-10-13-17-18(15,16)14-11-8-7-9-12-14/h5-16H2,1-4H3;7-9,11-12H,2-6,10,13H2,1H3/q+1;. The molecule has 0 aliphatic rings. The minimum absolute atomic E-state index is 0.232. The van der Waals surface area contributed by atoms with E-state index in [0.29, 0.717) is 0 Å². The predicted octanol–water partition coefficient (Wildman–Crippen LogP) is 9.96. The second kappa shape index (κ2) is 22.7. The molecule has 0 saturated carbocycles. The lowest BCUT2D eigenvalue weighted by Gasteiger charge is -2.28. The van der Waals surface area contributed by atoms with Gasteiger partial charge in [0.05, 0.1) is 36.2 Å². The third-order valence-corrected chi connectivity index (χ3v) is 13.1. The van der Waals surface area contributed by atoms with E-state index in [1.165, 1.54) is 70.6 Å². The van der Waals surface area contributed by atoms with Crippen LogP contribution in [0.1, 0.15) is 125 Å². The van der Waals surface area contributed by atoms with Crippen molar-refractivity contribution in [3.05, 3.63) is 30.3 Å². The number of hydrogen-bond donors (Lipinski definition) is 0. The molecule has 0 spiro atoms. The Balaban J connectivity index is 0.000000662. The van der Waals surface area contributed by atoms with E-state index in [4.69, 9.17) is 4.18 Å². The zero-order chi connectivity index (χ0) is 26.3. The Hall–Kier alpha value is -0.440. The minimum atomic E-state index is -3.56. The van der Waals surface area contributed by atoms with Gasteiger partial charge in [0.25, 0.3) is 10.1 Å². The summed E-state index contributed by atoms with van der Waals surface area (Å²) < 4.78 is 28.5. The first-order valence-electron chi connectivity index (χ1n) is 14.7. The van der Waals surface area contributed by atoms with E-state index >= 15 is 0 Å². The average Bonchev–Trinajstić information content (AvgIpc) is 2.88. The van der Waals surface area contributed by atoms with E-state index in [1.54, 1.807) is 55.0 Å². The zero-order valence-electron chi connectivity index (χ0n) is 23.9. The summed E-state index contributed by atoms with van der Waals surface area (Å²) >= 11 is 0. The fourth-order valence-electron chi connectivity index (χ4n) is 4.35. The molecule has 0 fully saturated rings. The maximum absolute atomic E-state index is 11.7. The molecule has 1 aromatic carbocycles. The van der Waals surface area contributed by atoms with E-state index in [2.05, 4.69) is 34.6 Å². The van der Waals surface area contributed by atoms with Gasteiger partial charge in [0, 0.05) is 7.26 Å². The van der Waals surface area contributed by atoms with Gasteiger partial charge in [0.2, 0.25) is 0 Å². The second-order valence-electron chi connectivity index (χ2n) is 10.0. The van der Waals surface area contributed by atoms with Gasteiger partial charge in [-0.25, -0.2) is 0 Å². The summed E-state index contributed by atoms with van der Waals surface area (Å²) in [5.74, 6) is 0. The topological polar surface area (TPSA) is 43.4 Å². The first kappa shape index (κ1) is 34.6. The van der Waals surface area contributed by atoms with Gasteiger partial charge in [-0.15, -0.1) is 0 Å². The lowest BCUT2D eigenvalue weighted by atomic mass is 10.1. The minimum Gasteiger partial charge on any atom is -0.266 e. The predicted molar refractivity (Wildman–Crippen MR) is 159 cm³/mol. The molecular formula is C30H58O3PS+. The smallest absolute Gasteiger partial charge is 0.266 e. The Morgan fingerprint density at radius 2 is 0.971 bits per heavy atom. The fraction of sp³-hybridized carbons (Fsp3) is 0.800. The summed E-state index contributed by atoms with van der Waals surface area (Å²) in [6.45, 7) is 11.9. The first-order valence-corrected chi connectivity index (χ1v) is 18.6. The molecule has 0 radical (unpaired) electrons. The van der Waals surface area contributed by atoms with Crippen molar-refractivity contribution in [2.24, 2.45) is 0 Å². The molecule has 1 aromatic rings. The lowest BCUT2D eigenvalue weighted by molar-refractivity contribution is 0.306. The van der Waals surface area contributed by atoms with Crippen molar-refractivity contribution in [3.8, 4) is 0 Å². The van der Waals surface area contributed by atoms with Crippen LogP contribution in [-0.4, -0.2) is 39.7 Å². The van der Waals surface area contributed by atoms with Gasteiger partial charge in [-0.05, 0) is 44.2 Å². The third-order valence-electron chi connectivity index (χ3n) is 6.71. The molecular weight excluding hydrogens is 471 g/mol. The van der Waals surface area contributed by atoms with Crippen molar-refractivity contribution in [3.63, 3.8) is 0 Å². The van der Waals surface area contributed by atoms with Crippen molar-refractivity contribution in [2.45, 2.75) is 129 Å². The normalized spacial score (nSPS) is 11.8. The Labute approximate surface area is 220 Å². The Morgan fingerprint density at radius 1 is 0.571 bits per heavy atom. The van der Waals surface area contributed by atoms with E-state index in [1.807, 2.05) is 0 Å². The van der Waals surface area contributed by atoms with Gasteiger partial charge in [-0.2, -0.15) is 8.42 Å². The first-order chi connectivity index (χ1) is 16.9.